The van der Waals surface area contributed by atoms with Crippen LogP contribution in [-0.2, 0) is 0 Å². The molecule has 6 nitrogen and oxygen atoms in total. The number of carbonyl (C=O) groups excluding carboxylic acids is 1. The van der Waals surface area contributed by atoms with Crippen molar-refractivity contribution < 1.29 is 18.7 Å². The van der Waals surface area contributed by atoms with Crippen molar-refractivity contribution in [3.05, 3.63) is 108 Å². The number of halogens is 1. The number of pyridine rings is 1. The molecule has 1 aromatic heterocycles. The van der Waals surface area contributed by atoms with Crippen molar-refractivity contribution in [3.63, 3.8) is 0 Å². The predicted molar refractivity (Wildman–Crippen MR) is 153 cm³/mol. The van der Waals surface area contributed by atoms with Crippen LogP contribution in [0, 0.1) is 12.7 Å². The van der Waals surface area contributed by atoms with Crippen LogP contribution < -0.4 is 20.1 Å². The van der Waals surface area contributed by atoms with E-state index in [1.165, 1.54) is 12.1 Å². The number of esters is 1. The van der Waals surface area contributed by atoms with E-state index >= 15 is 0 Å². The zero-order valence-electron chi connectivity index (χ0n) is 22.3. The second-order valence-electron chi connectivity index (χ2n) is 10.1. The van der Waals surface area contributed by atoms with Crippen LogP contribution in [-0.4, -0.2) is 30.1 Å². The summed E-state index contributed by atoms with van der Waals surface area (Å²) < 4.78 is 25.1. The number of ether oxygens (including phenoxy) is 2. The highest BCUT2D eigenvalue weighted by Crippen LogP contribution is 2.40. The molecule has 0 spiro atoms. The Bertz CT molecular complexity index is 1560. The van der Waals surface area contributed by atoms with E-state index in [9.17, 15) is 9.18 Å². The Kier molecular flexibility index (Phi) is 7.07. The molecule has 0 saturated carbocycles. The minimum absolute atomic E-state index is 0.249. The smallest absolute Gasteiger partial charge is 0.343 e. The monoisotopic (exact) mass is 523 g/mol. The van der Waals surface area contributed by atoms with E-state index in [0.717, 1.165) is 39.2 Å². The van der Waals surface area contributed by atoms with E-state index in [1.54, 1.807) is 49.8 Å². The number of rotatable bonds is 7. The molecule has 0 fully saturated rings. The standard InChI is InChI=1S/C32H30FN3O3/c1-20-5-7-24(33)16-29(20)35-19-23-18-32(2,3)36-28-10-6-22(15-27(23)28)26-9-8-25(17-30(26)38-4)39-31(37)21-11-13-34-14-12-21/h5-18,35-36H,19H2,1-4H3. The minimum Gasteiger partial charge on any atom is -0.496 e. The maximum absolute atomic E-state index is 13.9. The van der Waals surface area contributed by atoms with Gasteiger partial charge < -0.3 is 20.1 Å². The number of fused-ring (bicyclic) bond motifs is 1. The zero-order chi connectivity index (χ0) is 27.6. The molecule has 0 amide bonds. The molecule has 198 valence electrons. The van der Waals surface area contributed by atoms with Gasteiger partial charge in [-0.3, -0.25) is 4.98 Å². The fourth-order valence-corrected chi connectivity index (χ4v) is 4.73. The van der Waals surface area contributed by atoms with Crippen LogP contribution in [0.3, 0.4) is 0 Å². The van der Waals surface area contributed by atoms with Gasteiger partial charge in [-0.2, -0.15) is 0 Å². The summed E-state index contributed by atoms with van der Waals surface area (Å²) in [6.45, 7) is 6.73. The molecule has 5 rings (SSSR count). The minimum atomic E-state index is -0.467. The number of anilines is 2. The van der Waals surface area contributed by atoms with Gasteiger partial charge in [-0.1, -0.05) is 18.2 Å². The maximum atomic E-state index is 13.9. The van der Waals surface area contributed by atoms with Gasteiger partial charge in [0.2, 0.25) is 0 Å². The average molecular weight is 524 g/mol. The van der Waals surface area contributed by atoms with Gasteiger partial charge in [0.1, 0.15) is 17.3 Å². The van der Waals surface area contributed by atoms with E-state index in [1.807, 2.05) is 19.1 Å². The summed E-state index contributed by atoms with van der Waals surface area (Å²) in [5, 5.41) is 6.99. The van der Waals surface area contributed by atoms with Gasteiger partial charge in [-0.15, -0.1) is 0 Å². The molecule has 3 aromatic carbocycles. The summed E-state index contributed by atoms with van der Waals surface area (Å²) in [5.74, 6) is 0.227. The van der Waals surface area contributed by atoms with Crippen molar-refractivity contribution in [2.24, 2.45) is 0 Å². The molecule has 0 radical (unpaired) electrons. The molecule has 0 saturated heterocycles. The molecular formula is C32H30FN3O3. The largest absolute Gasteiger partial charge is 0.496 e. The lowest BCUT2D eigenvalue weighted by molar-refractivity contribution is 0.0734. The summed E-state index contributed by atoms with van der Waals surface area (Å²) in [6.07, 6.45) is 5.29. The normalized spacial score (nSPS) is 13.5. The molecule has 4 aromatic rings. The number of methoxy groups -OCH3 is 1. The Morgan fingerprint density at radius 3 is 2.56 bits per heavy atom. The second-order valence-corrected chi connectivity index (χ2v) is 10.1. The molecule has 0 atom stereocenters. The first-order valence-corrected chi connectivity index (χ1v) is 12.7. The van der Waals surface area contributed by atoms with E-state index in [4.69, 9.17) is 9.47 Å². The molecule has 2 heterocycles. The van der Waals surface area contributed by atoms with Crippen LogP contribution in [0.15, 0.2) is 85.2 Å². The van der Waals surface area contributed by atoms with Gasteiger partial charge >= 0.3 is 5.97 Å². The van der Waals surface area contributed by atoms with Gasteiger partial charge in [-0.05, 0) is 86.0 Å². The number of nitrogens with one attached hydrogen (secondary N) is 2. The summed E-state index contributed by atoms with van der Waals surface area (Å²) in [4.78, 5) is 16.4. The third-order valence-electron chi connectivity index (χ3n) is 6.64. The van der Waals surface area contributed by atoms with Crippen LogP contribution in [0.2, 0.25) is 0 Å². The molecule has 2 N–H and O–H groups in total. The van der Waals surface area contributed by atoms with Gasteiger partial charge in [0, 0.05) is 47.5 Å². The summed E-state index contributed by atoms with van der Waals surface area (Å²) in [5.41, 5.74) is 6.89. The number of aromatic nitrogens is 1. The van der Waals surface area contributed by atoms with Crippen LogP contribution >= 0.6 is 0 Å². The van der Waals surface area contributed by atoms with Crippen molar-refractivity contribution in [1.82, 2.24) is 4.98 Å². The highest BCUT2D eigenvalue weighted by Gasteiger charge is 2.25. The van der Waals surface area contributed by atoms with E-state index in [-0.39, 0.29) is 11.4 Å². The molecule has 1 aliphatic heterocycles. The Hall–Kier alpha value is -4.65. The van der Waals surface area contributed by atoms with E-state index in [2.05, 4.69) is 47.7 Å². The lowest BCUT2D eigenvalue weighted by atomic mass is 9.88. The predicted octanol–water partition coefficient (Wildman–Crippen LogP) is 7.12. The Morgan fingerprint density at radius 1 is 1.00 bits per heavy atom. The number of carbonyl (C=O) groups is 1. The van der Waals surface area contributed by atoms with Crippen molar-refractivity contribution in [2.45, 2.75) is 26.3 Å². The number of benzene rings is 3. The highest BCUT2D eigenvalue weighted by atomic mass is 19.1. The molecule has 39 heavy (non-hydrogen) atoms. The van der Waals surface area contributed by atoms with Crippen molar-refractivity contribution in [3.8, 4) is 22.6 Å². The Labute approximate surface area is 227 Å². The van der Waals surface area contributed by atoms with Gasteiger partial charge in [0.25, 0.3) is 0 Å². The van der Waals surface area contributed by atoms with Crippen molar-refractivity contribution >= 4 is 22.9 Å². The molecule has 1 aliphatic rings. The number of aryl methyl sites for hydroxylation is 1. The summed E-state index contributed by atoms with van der Waals surface area (Å²) >= 11 is 0. The van der Waals surface area contributed by atoms with Crippen LogP contribution in [0.5, 0.6) is 11.5 Å². The van der Waals surface area contributed by atoms with E-state index < -0.39 is 5.97 Å². The maximum Gasteiger partial charge on any atom is 0.343 e. The first-order chi connectivity index (χ1) is 18.7. The third kappa shape index (κ3) is 5.77. The number of hydrogen-bond donors (Lipinski definition) is 2. The molecule has 7 heteroatoms. The van der Waals surface area contributed by atoms with Crippen molar-refractivity contribution in [1.29, 1.82) is 0 Å². The topological polar surface area (TPSA) is 72.5 Å². The van der Waals surface area contributed by atoms with Gasteiger partial charge in [0.15, 0.2) is 0 Å². The molecule has 0 aliphatic carbocycles. The lowest BCUT2D eigenvalue weighted by Crippen LogP contribution is -2.32. The van der Waals surface area contributed by atoms with Crippen LogP contribution in [0.4, 0.5) is 15.8 Å². The zero-order valence-corrected chi connectivity index (χ0v) is 22.3. The number of hydrogen-bond acceptors (Lipinski definition) is 6. The lowest BCUT2D eigenvalue weighted by Gasteiger charge is -2.33. The summed E-state index contributed by atoms with van der Waals surface area (Å²) in [6, 6.07) is 19.5. The average Bonchev–Trinajstić information content (AvgIpc) is 2.93. The highest BCUT2D eigenvalue weighted by molar-refractivity contribution is 5.91. The van der Waals surface area contributed by atoms with Gasteiger partial charge in [-0.25, -0.2) is 9.18 Å². The second kappa shape index (κ2) is 10.6. The Morgan fingerprint density at radius 2 is 1.79 bits per heavy atom. The SMILES string of the molecule is COc1cc(OC(=O)c2ccncc2)ccc1-c1ccc2c(c1)C(CNc1cc(F)ccc1C)=CC(C)(C)N2. The van der Waals surface area contributed by atoms with Crippen LogP contribution in [0.25, 0.3) is 16.7 Å². The quantitative estimate of drug-likeness (QED) is 0.198. The molecule has 0 unspecified atom stereocenters. The molecular weight excluding hydrogens is 493 g/mol. The van der Waals surface area contributed by atoms with Crippen LogP contribution in [0.1, 0.15) is 35.3 Å². The first-order valence-electron chi connectivity index (χ1n) is 12.7. The first kappa shape index (κ1) is 26.0. The summed E-state index contributed by atoms with van der Waals surface area (Å²) in [7, 11) is 1.59. The molecule has 0 bridgehead atoms. The van der Waals surface area contributed by atoms with Crippen molar-refractivity contribution in [2.75, 3.05) is 24.3 Å². The van der Waals surface area contributed by atoms with Gasteiger partial charge in [0.05, 0.1) is 18.2 Å². The fraction of sp³-hybridized carbons (Fsp3) is 0.188. The Balaban J connectivity index is 1.44. The van der Waals surface area contributed by atoms with E-state index in [0.29, 0.717) is 23.6 Å². The third-order valence-corrected chi connectivity index (χ3v) is 6.64. The fourth-order valence-electron chi connectivity index (χ4n) is 4.73. The number of nitrogens with zero attached hydrogens (tertiary/aromatic N) is 1.